The van der Waals surface area contributed by atoms with Crippen molar-refractivity contribution in [2.24, 2.45) is 5.92 Å². The third-order valence-corrected chi connectivity index (χ3v) is 9.74. The number of amides is 2. The second-order valence-corrected chi connectivity index (χ2v) is 12.3. The summed E-state index contributed by atoms with van der Waals surface area (Å²) in [7, 11) is -4.20. The molecule has 0 spiro atoms. The molecule has 0 unspecified atom stereocenters. The van der Waals surface area contributed by atoms with Gasteiger partial charge < -0.3 is 20.1 Å². The average Bonchev–Trinajstić information content (AvgIpc) is 3.02. The highest BCUT2D eigenvalue weighted by Gasteiger charge is 2.41. The molecule has 1 saturated heterocycles. The summed E-state index contributed by atoms with van der Waals surface area (Å²) >= 11 is 0. The van der Waals surface area contributed by atoms with E-state index < -0.39 is 28.1 Å². The van der Waals surface area contributed by atoms with E-state index in [2.05, 4.69) is 5.32 Å². The van der Waals surface area contributed by atoms with Crippen LogP contribution >= 0.6 is 0 Å². The molecule has 10 heteroatoms. The molecule has 224 valence electrons. The Morgan fingerprint density at radius 1 is 0.953 bits per heavy atom. The topological polar surface area (TPSA) is 116 Å². The molecule has 2 N–H and O–H groups in total. The van der Waals surface area contributed by atoms with Crippen LogP contribution in [0.2, 0.25) is 0 Å². The minimum Gasteiger partial charge on any atom is -0.450 e. The molecule has 2 amide bonds. The molecule has 1 aliphatic rings. The van der Waals surface area contributed by atoms with Gasteiger partial charge in [-0.3, -0.25) is 9.10 Å². The standard InChI is InChI=1S/C33H35N3O6S/c1-3-42-33(39)35-20-19-30(24(21-35)22-37)36(25-12-5-4-6-13-25)43(40,41)31-18-17-29(27-15-9-10-16-28(27)31)34-32(38)26-14-8-7-11-23(26)2/h4-18,24,30,37H,3,19-22H2,1-2H3,(H,34,38)/t24-,30-/m1/s1. The highest BCUT2D eigenvalue weighted by molar-refractivity contribution is 7.93. The largest absolute Gasteiger partial charge is 0.450 e. The van der Waals surface area contributed by atoms with E-state index in [1.807, 2.05) is 25.1 Å². The Hall–Kier alpha value is -4.41. The molecule has 1 fully saturated rings. The number of likely N-dealkylation sites (tertiary alicyclic amines) is 1. The van der Waals surface area contributed by atoms with Gasteiger partial charge in [0.1, 0.15) is 0 Å². The van der Waals surface area contributed by atoms with Gasteiger partial charge in [0.15, 0.2) is 0 Å². The Kier molecular flexibility index (Phi) is 8.98. The number of carbonyl (C=O) groups excluding carboxylic acids is 2. The van der Waals surface area contributed by atoms with Crippen LogP contribution in [0.3, 0.4) is 0 Å². The minimum absolute atomic E-state index is 0.0744. The number of fused-ring (bicyclic) bond motifs is 1. The lowest BCUT2D eigenvalue weighted by Crippen LogP contribution is -2.55. The van der Waals surface area contributed by atoms with E-state index in [4.69, 9.17) is 4.74 Å². The fourth-order valence-electron chi connectivity index (χ4n) is 5.70. The van der Waals surface area contributed by atoms with Crippen LogP contribution in [0.15, 0.2) is 95.9 Å². The number of carbonyl (C=O) groups is 2. The number of hydrogen-bond donors (Lipinski definition) is 2. The SMILES string of the molecule is CCOC(=O)N1CC[C@@H](N(c2ccccc2)S(=O)(=O)c2ccc(NC(=O)c3ccccc3C)c3ccccc23)[C@@H](CO)C1. The van der Waals surface area contributed by atoms with Crippen molar-refractivity contribution >= 4 is 44.2 Å². The van der Waals surface area contributed by atoms with Crippen LogP contribution in [-0.2, 0) is 14.8 Å². The van der Waals surface area contributed by atoms with E-state index in [0.717, 1.165) is 5.56 Å². The first-order valence-electron chi connectivity index (χ1n) is 14.3. The summed E-state index contributed by atoms with van der Waals surface area (Å²) < 4.78 is 35.9. The number of nitrogens with zero attached hydrogens (tertiary/aromatic N) is 2. The number of anilines is 2. The number of benzene rings is 4. The van der Waals surface area contributed by atoms with Crippen LogP contribution in [0.25, 0.3) is 10.8 Å². The average molecular weight is 602 g/mol. The van der Waals surface area contributed by atoms with Crippen molar-refractivity contribution in [1.29, 1.82) is 0 Å². The number of sulfonamides is 1. The third kappa shape index (κ3) is 6.07. The van der Waals surface area contributed by atoms with E-state index in [-0.39, 0.29) is 37.1 Å². The number of para-hydroxylation sites is 1. The first-order valence-corrected chi connectivity index (χ1v) is 15.7. The number of nitrogens with one attached hydrogen (secondary N) is 1. The molecule has 1 aliphatic heterocycles. The second-order valence-electron chi connectivity index (χ2n) is 10.5. The maximum atomic E-state index is 14.7. The number of aliphatic hydroxyl groups is 1. The van der Waals surface area contributed by atoms with Crippen molar-refractivity contribution < 1.29 is 27.9 Å². The van der Waals surface area contributed by atoms with Crippen molar-refractivity contribution in [2.75, 3.05) is 35.9 Å². The zero-order chi connectivity index (χ0) is 30.6. The van der Waals surface area contributed by atoms with Gasteiger partial charge in [-0.15, -0.1) is 0 Å². The maximum absolute atomic E-state index is 14.7. The number of piperidine rings is 1. The molecule has 0 aromatic heterocycles. The Labute approximate surface area is 251 Å². The first kappa shape index (κ1) is 30.1. The van der Waals surface area contributed by atoms with Gasteiger partial charge in [-0.1, -0.05) is 60.7 Å². The zero-order valence-electron chi connectivity index (χ0n) is 24.1. The summed E-state index contributed by atoms with van der Waals surface area (Å²) in [5, 5.41) is 14.4. The molecule has 0 aliphatic carbocycles. The van der Waals surface area contributed by atoms with Crippen LogP contribution in [0.4, 0.5) is 16.2 Å². The summed E-state index contributed by atoms with van der Waals surface area (Å²) in [6, 6.07) is 25.6. The highest BCUT2D eigenvalue weighted by atomic mass is 32.2. The molecule has 0 saturated carbocycles. The molecule has 5 rings (SSSR count). The monoisotopic (exact) mass is 601 g/mol. The molecule has 4 aromatic rings. The predicted molar refractivity (Wildman–Crippen MR) is 167 cm³/mol. The molecular formula is C33H35N3O6S. The lowest BCUT2D eigenvalue weighted by Gasteiger charge is -2.43. The summed E-state index contributed by atoms with van der Waals surface area (Å²) in [5.41, 5.74) is 2.30. The van der Waals surface area contributed by atoms with Crippen molar-refractivity contribution in [3.05, 3.63) is 102 Å². The van der Waals surface area contributed by atoms with Crippen LogP contribution in [-0.4, -0.2) is 62.8 Å². The van der Waals surface area contributed by atoms with Gasteiger partial charge in [-0.25, -0.2) is 13.2 Å². The Balaban J connectivity index is 1.56. The third-order valence-electron chi connectivity index (χ3n) is 7.83. The normalized spacial score (nSPS) is 17.0. The lowest BCUT2D eigenvalue weighted by atomic mass is 9.92. The number of rotatable bonds is 8. The minimum atomic E-state index is -4.20. The van der Waals surface area contributed by atoms with Crippen LogP contribution in [0.1, 0.15) is 29.3 Å². The Bertz CT molecular complexity index is 1730. The van der Waals surface area contributed by atoms with E-state index in [1.54, 1.807) is 73.7 Å². The van der Waals surface area contributed by atoms with Crippen LogP contribution in [0.5, 0.6) is 0 Å². The van der Waals surface area contributed by atoms with E-state index in [0.29, 0.717) is 34.1 Å². The molecule has 43 heavy (non-hydrogen) atoms. The summed E-state index contributed by atoms with van der Waals surface area (Å²) in [4.78, 5) is 27.2. The zero-order valence-corrected chi connectivity index (χ0v) is 25.0. The van der Waals surface area contributed by atoms with Crippen molar-refractivity contribution in [1.82, 2.24) is 4.90 Å². The predicted octanol–water partition coefficient (Wildman–Crippen LogP) is 5.44. The van der Waals surface area contributed by atoms with E-state index in [1.165, 1.54) is 15.3 Å². The smallest absolute Gasteiger partial charge is 0.409 e. The first-order chi connectivity index (χ1) is 20.8. The molecule has 4 aromatic carbocycles. The second kappa shape index (κ2) is 12.8. The van der Waals surface area contributed by atoms with Gasteiger partial charge >= 0.3 is 6.09 Å². The Morgan fingerprint density at radius 3 is 2.33 bits per heavy atom. The number of aliphatic hydroxyl groups excluding tert-OH is 1. The quantitative estimate of drug-likeness (QED) is 0.278. The molecule has 2 atom stereocenters. The van der Waals surface area contributed by atoms with Crippen molar-refractivity contribution in [3.63, 3.8) is 0 Å². The maximum Gasteiger partial charge on any atom is 0.409 e. The summed E-state index contributed by atoms with van der Waals surface area (Å²) in [6.45, 7) is 3.93. The van der Waals surface area contributed by atoms with Gasteiger partial charge in [0.25, 0.3) is 15.9 Å². The molecule has 1 heterocycles. The molecule has 0 bridgehead atoms. The lowest BCUT2D eigenvalue weighted by molar-refractivity contribution is 0.0698. The number of ether oxygens (including phenoxy) is 1. The van der Waals surface area contributed by atoms with Gasteiger partial charge in [0, 0.05) is 47.6 Å². The van der Waals surface area contributed by atoms with Crippen LogP contribution in [0, 0.1) is 12.8 Å². The summed E-state index contributed by atoms with van der Waals surface area (Å²) in [6.07, 6.45) is -0.177. The number of hydrogen-bond acceptors (Lipinski definition) is 6. The van der Waals surface area contributed by atoms with Gasteiger partial charge in [-0.2, -0.15) is 0 Å². The summed E-state index contributed by atoms with van der Waals surface area (Å²) in [5.74, 6) is -0.837. The van der Waals surface area contributed by atoms with Crippen molar-refractivity contribution in [3.8, 4) is 0 Å². The molecule has 0 radical (unpaired) electrons. The van der Waals surface area contributed by atoms with Gasteiger partial charge in [0.05, 0.1) is 23.2 Å². The fourth-order valence-corrected chi connectivity index (χ4v) is 7.64. The van der Waals surface area contributed by atoms with Gasteiger partial charge in [0.2, 0.25) is 0 Å². The van der Waals surface area contributed by atoms with Crippen LogP contribution < -0.4 is 9.62 Å². The number of aryl methyl sites for hydroxylation is 1. The highest BCUT2D eigenvalue weighted by Crippen LogP contribution is 2.37. The molecular weight excluding hydrogens is 566 g/mol. The van der Waals surface area contributed by atoms with E-state index >= 15 is 0 Å². The van der Waals surface area contributed by atoms with E-state index in [9.17, 15) is 23.1 Å². The fraction of sp³-hybridized carbons (Fsp3) is 0.273. The molecule has 9 nitrogen and oxygen atoms in total. The van der Waals surface area contributed by atoms with Crippen molar-refractivity contribution in [2.45, 2.75) is 31.2 Å². The Morgan fingerprint density at radius 2 is 1.63 bits per heavy atom. The van der Waals surface area contributed by atoms with Gasteiger partial charge in [-0.05, 0) is 56.2 Å².